The monoisotopic (exact) mass is 449 g/mol. The van der Waals surface area contributed by atoms with E-state index in [0.29, 0.717) is 33.3 Å². The first kappa shape index (κ1) is 20.2. The highest BCUT2D eigenvalue weighted by atomic mass is 32.2. The van der Waals surface area contributed by atoms with Gasteiger partial charge in [0.1, 0.15) is 5.76 Å². The summed E-state index contributed by atoms with van der Waals surface area (Å²) in [5.74, 6) is 1.57. The lowest BCUT2D eigenvalue weighted by molar-refractivity contribution is -0.113. The van der Waals surface area contributed by atoms with Crippen molar-refractivity contribution < 1.29 is 18.7 Å². The highest BCUT2D eigenvalue weighted by Crippen LogP contribution is 2.35. The number of amides is 1. The number of carbonyl (C=O) groups is 1. The summed E-state index contributed by atoms with van der Waals surface area (Å²) in [7, 11) is 0. The number of nitrogens with one attached hydrogen (secondary N) is 1. The molecule has 1 aliphatic heterocycles. The molecule has 4 aromatic rings. The second-order valence-corrected chi connectivity index (χ2v) is 8.24. The van der Waals surface area contributed by atoms with E-state index in [-0.39, 0.29) is 30.6 Å². The fraction of sp³-hybridized carbons (Fsp3) is 0.174. The van der Waals surface area contributed by atoms with E-state index in [0.717, 1.165) is 11.3 Å². The van der Waals surface area contributed by atoms with E-state index in [1.165, 1.54) is 16.3 Å². The summed E-state index contributed by atoms with van der Waals surface area (Å²) in [6, 6.07) is 14.4. The molecule has 5 rings (SSSR count). The first-order chi connectivity index (χ1) is 15.6. The van der Waals surface area contributed by atoms with Gasteiger partial charge in [-0.15, -0.1) is 0 Å². The van der Waals surface area contributed by atoms with Gasteiger partial charge >= 0.3 is 0 Å². The van der Waals surface area contributed by atoms with Crippen molar-refractivity contribution in [1.29, 1.82) is 0 Å². The van der Waals surface area contributed by atoms with Gasteiger partial charge in [-0.25, -0.2) is 4.98 Å². The lowest BCUT2D eigenvalue weighted by Crippen LogP contribution is -2.24. The van der Waals surface area contributed by atoms with Crippen molar-refractivity contribution in [3.8, 4) is 11.5 Å². The maximum atomic E-state index is 13.3. The number of aryl methyl sites for hydroxylation is 1. The number of thioether (sulfide) groups is 1. The lowest BCUT2D eigenvalue weighted by atomic mass is 10.2. The molecule has 9 heteroatoms. The quantitative estimate of drug-likeness (QED) is 0.353. The molecule has 0 spiro atoms. The van der Waals surface area contributed by atoms with Crippen LogP contribution in [0, 0.1) is 6.92 Å². The van der Waals surface area contributed by atoms with Crippen molar-refractivity contribution in [3.05, 3.63) is 76.5 Å². The summed E-state index contributed by atoms with van der Waals surface area (Å²) in [5, 5.41) is 3.70. The average Bonchev–Trinajstić information content (AvgIpc) is 3.45. The lowest BCUT2D eigenvalue weighted by Gasteiger charge is -2.13. The molecular weight excluding hydrogens is 430 g/mol. The molecule has 32 heavy (non-hydrogen) atoms. The zero-order valence-electron chi connectivity index (χ0n) is 17.2. The van der Waals surface area contributed by atoms with Gasteiger partial charge in [0.2, 0.25) is 12.7 Å². The number of fused-ring (bicyclic) bond motifs is 2. The molecular formula is C23H19N3O5S. The zero-order valence-corrected chi connectivity index (χ0v) is 18.0. The summed E-state index contributed by atoms with van der Waals surface area (Å²) in [5.41, 5.74) is 2.02. The third kappa shape index (κ3) is 4.06. The number of hydrogen-bond donors (Lipinski definition) is 1. The van der Waals surface area contributed by atoms with E-state index in [4.69, 9.17) is 13.9 Å². The first-order valence-electron chi connectivity index (χ1n) is 9.93. The summed E-state index contributed by atoms with van der Waals surface area (Å²) in [6.45, 7) is 2.26. The van der Waals surface area contributed by atoms with Gasteiger partial charge in [0.25, 0.3) is 5.56 Å². The predicted molar refractivity (Wildman–Crippen MR) is 120 cm³/mol. The van der Waals surface area contributed by atoms with E-state index in [1.54, 1.807) is 30.5 Å². The normalized spacial score (nSPS) is 12.3. The van der Waals surface area contributed by atoms with Crippen molar-refractivity contribution in [1.82, 2.24) is 9.55 Å². The molecule has 0 radical (unpaired) electrons. The Balaban J connectivity index is 1.46. The summed E-state index contributed by atoms with van der Waals surface area (Å²) >= 11 is 1.19. The number of anilines is 1. The van der Waals surface area contributed by atoms with Crippen molar-refractivity contribution in [2.75, 3.05) is 17.9 Å². The van der Waals surface area contributed by atoms with E-state index < -0.39 is 0 Å². The second kappa shape index (κ2) is 8.43. The Labute approximate surface area is 187 Å². The predicted octanol–water partition coefficient (Wildman–Crippen LogP) is 3.81. The van der Waals surface area contributed by atoms with Gasteiger partial charge < -0.3 is 19.2 Å². The number of ether oxygens (including phenoxy) is 2. The van der Waals surface area contributed by atoms with Gasteiger partial charge in [0.05, 0.1) is 29.5 Å². The van der Waals surface area contributed by atoms with Crippen LogP contribution in [0.15, 0.2) is 69.2 Å². The van der Waals surface area contributed by atoms with E-state index in [2.05, 4.69) is 10.3 Å². The van der Waals surface area contributed by atoms with Gasteiger partial charge in [-0.05, 0) is 42.8 Å². The minimum atomic E-state index is -0.244. The molecule has 3 heterocycles. The van der Waals surface area contributed by atoms with Crippen LogP contribution in [-0.2, 0) is 11.3 Å². The summed E-state index contributed by atoms with van der Waals surface area (Å²) in [6.07, 6.45) is 1.55. The minimum Gasteiger partial charge on any atom is -0.467 e. The minimum absolute atomic E-state index is 0.0919. The third-order valence-corrected chi connectivity index (χ3v) is 5.92. The number of benzene rings is 2. The van der Waals surface area contributed by atoms with Crippen molar-refractivity contribution in [2.24, 2.45) is 0 Å². The van der Waals surface area contributed by atoms with Crippen LogP contribution in [0.25, 0.3) is 10.9 Å². The molecule has 2 aromatic heterocycles. The summed E-state index contributed by atoms with van der Waals surface area (Å²) in [4.78, 5) is 30.5. The van der Waals surface area contributed by atoms with Gasteiger partial charge in [-0.2, -0.15) is 0 Å². The van der Waals surface area contributed by atoms with Gasteiger partial charge in [-0.3, -0.25) is 14.2 Å². The first-order valence-corrected chi connectivity index (χ1v) is 10.9. The number of rotatable bonds is 6. The van der Waals surface area contributed by atoms with E-state index >= 15 is 0 Å². The van der Waals surface area contributed by atoms with E-state index in [1.807, 2.05) is 31.2 Å². The number of aromatic nitrogens is 2. The number of carbonyl (C=O) groups excluding carboxylic acids is 1. The fourth-order valence-corrected chi connectivity index (χ4v) is 4.25. The molecule has 8 nitrogen and oxygen atoms in total. The maximum absolute atomic E-state index is 13.3. The van der Waals surface area contributed by atoms with Gasteiger partial charge in [-0.1, -0.05) is 23.9 Å². The molecule has 0 aliphatic carbocycles. The Morgan fingerprint density at radius 1 is 1.16 bits per heavy atom. The molecule has 0 saturated carbocycles. The highest BCUT2D eigenvalue weighted by molar-refractivity contribution is 7.99. The Bertz CT molecular complexity index is 1360. The standard InChI is InChI=1S/C23H19N3O5S/c1-14-4-2-5-15(8-14)24-21(27)12-32-23-25-18-10-20-19(30-13-31-20)9-17(18)22(28)26(23)11-16-6-3-7-29-16/h2-10H,11-13H2,1H3,(H,24,27). The highest BCUT2D eigenvalue weighted by Gasteiger charge is 2.20. The van der Waals surface area contributed by atoms with Crippen LogP contribution < -0.4 is 20.3 Å². The van der Waals surface area contributed by atoms with Gasteiger partial charge in [0.15, 0.2) is 16.7 Å². The molecule has 1 N–H and O–H groups in total. The largest absolute Gasteiger partial charge is 0.467 e. The van der Waals surface area contributed by atoms with Crippen LogP contribution in [0.3, 0.4) is 0 Å². The molecule has 0 atom stereocenters. The van der Waals surface area contributed by atoms with Crippen LogP contribution in [0.1, 0.15) is 11.3 Å². The van der Waals surface area contributed by atoms with Crippen LogP contribution in [0.4, 0.5) is 5.69 Å². The Morgan fingerprint density at radius 3 is 2.78 bits per heavy atom. The number of hydrogen-bond acceptors (Lipinski definition) is 7. The molecule has 1 aliphatic rings. The van der Waals surface area contributed by atoms with Crippen molar-refractivity contribution in [2.45, 2.75) is 18.6 Å². The van der Waals surface area contributed by atoms with Crippen LogP contribution >= 0.6 is 11.8 Å². The third-order valence-electron chi connectivity index (χ3n) is 4.94. The molecule has 0 saturated heterocycles. The van der Waals surface area contributed by atoms with Crippen LogP contribution in [0.2, 0.25) is 0 Å². The molecule has 0 fully saturated rings. The SMILES string of the molecule is Cc1cccc(NC(=O)CSc2nc3cc4c(cc3c(=O)n2Cc2ccco2)OCO4)c1. The molecule has 2 aromatic carbocycles. The molecule has 0 bridgehead atoms. The van der Waals surface area contributed by atoms with Crippen molar-refractivity contribution >= 4 is 34.3 Å². The average molecular weight is 449 g/mol. The Morgan fingerprint density at radius 2 is 2.00 bits per heavy atom. The van der Waals surface area contributed by atoms with Gasteiger partial charge in [0, 0.05) is 11.8 Å². The van der Waals surface area contributed by atoms with Crippen molar-refractivity contribution in [3.63, 3.8) is 0 Å². The second-order valence-electron chi connectivity index (χ2n) is 7.29. The molecule has 162 valence electrons. The maximum Gasteiger partial charge on any atom is 0.262 e. The summed E-state index contributed by atoms with van der Waals surface area (Å²) < 4.78 is 17.8. The smallest absolute Gasteiger partial charge is 0.262 e. The van der Waals surface area contributed by atoms with Crippen LogP contribution in [0.5, 0.6) is 11.5 Å². The van der Waals surface area contributed by atoms with E-state index in [9.17, 15) is 9.59 Å². The zero-order chi connectivity index (χ0) is 22.1. The Kier molecular flexibility index (Phi) is 5.32. The molecule has 0 unspecified atom stereocenters. The Hall–Kier alpha value is -3.72. The number of furan rings is 1. The molecule has 1 amide bonds. The fourth-order valence-electron chi connectivity index (χ4n) is 3.45. The number of nitrogens with zero attached hydrogens (tertiary/aromatic N) is 2. The topological polar surface area (TPSA) is 95.6 Å². The van der Waals surface area contributed by atoms with Crippen LogP contribution in [-0.4, -0.2) is 28.0 Å².